The summed E-state index contributed by atoms with van der Waals surface area (Å²) in [4.78, 5) is 16.1. The van der Waals surface area contributed by atoms with Gasteiger partial charge in [0.15, 0.2) is 0 Å². The van der Waals surface area contributed by atoms with Gasteiger partial charge in [0.1, 0.15) is 0 Å². The number of hydrogen-bond acceptors (Lipinski definition) is 4. The minimum absolute atomic E-state index is 0.172. The lowest BCUT2D eigenvalue weighted by atomic mass is 9.89. The van der Waals surface area contributed by atoms with E-state index in [4.69, 9.17) is 10.5 Å². The Balaban J connectivity index is 2.03. The molecule has 0 radical (unpaired) electrons. The quantitative estimate of drug-likeness (QED) is 0.651. The van der Waals surface area contributed by atoms with E-state index in [1.165, 1.54) is 0 Å². The van der Waals surface area contributed by atoms with Gasteiger partial charge in [-0.15, -0.1) is 0 Å². The van der Waals surface area contributed by atoms with Crippen LogP contribution in [0.5, 0.6) is 0 Å². The Labute approximate surface area is 160 Å². The molecule has 3 aromatic rings. The first-order chi connectivity index (χ1) is 12.9. The molecule has 3 rings (SSSR count). The monoisotopic (exact) mass is 362 g/mol. The lowest BCUT2D eigenvalue weighted by Gasteiger charge is -2.20. The average molecular weight is 362 g/mol. The minimum atomic E-state index is -0.375. The van der Waals surface area contributed by atoms with E-state index in [2.05, 4.69) is 41.4 Å². The van der Waals surface area contributed by atoms with E-state index in [9.17, 15) is 4.79 Å². The van der Waals surface area contributed by atoms with E-state index >= 15 is 0 Å². The van der Waals surface area contributed by atoms with Crippen molar-refractivity contribution >= 4 is 16.7 Å². The molecule has 4 nitrogen and oxygen atoms in total. The van der Waals surface area contributed by atoms with Crippen LogP contribution in [0.4, 0.5) is 0 Å². The Bertz CT molecular complexity index is 941. The first kappa shape index (κ1) is 19.1. The topological polar surface area (TPSA) is 65.2 Å². The largest absolute Gasteiger partial charge is 0.466 e. The van der Waals surface area contributed by atoms with Crippen molar-refractivity contribution in [3.63, 3.8) is 0 Å². The molecule has 0 fully saturated rings. The van der Waals surface area contributed by atoms with E-state index in [-0.39, 0.29) is 11.5 Å². The Morgan fingerprint density at radius 2 is 1.85 bits per heavy atom. The van der Waals surface area contributed by atoms with Crippen LogP contribution in [0, 0.1) is 0 Å². The SMILES string of the molecule is CCOC(=O)CCc1c(-c2ccc(C(C)(C)N)cc2)ccc2cnccc12. The molecule has 0 bridgehead atoms. The molecule has 1 heterocycles. The second kappa shape index (κ2) is 7.89. The molecule has 4 heteroatoms. The molecule has 0 unspecified atom stereocenters. The number of rotatable bonds is 6. The van der Waals surface area contributed by atoms with Gasteiger partial charge in [0, 0.05) is 29.7 Å². The van der Waals surface area contributed by atoms with Crippen LogP contribution in [-0.4, -0.2) is 17.6 Å². The lowest BCUT2D eigenvalue weighted by Crippen LogP contribution is -2.28. The predicted molar refractivity (Wildman–Crippen MR) is 109 cm³/mol. The third-order valence-corrected chi connectivity index (χ3v) is 4.76. The maximum absolute atomic E-state index is 11.9. The van der Waals surface area contributed by atoms with Crippen molar-refractivity contribution in [1.29, 1.82) is 0 Å². The second-order valence-electron chi connectivity index (χ2n) is 7.29. The molecule has 2 aromatic carbocycles. The van der Waals surface area contributed by atoms with Crippen LogP contribution in [-0.2, 0) is 21.5 Å². The first-order valence-corrected chi connectivity index (χ1v) is 9.31. The number of hydrogen-bond donors (Lipinski definition) is 1. The highest BCUT2D eigenvalue weighted by Gasteiger charge is 2.16. The number of benzene rings is 2. The number of carbonyl (C=O) groups is 1. The summed E-state index contributed by atoms with van der Waals surface area (Å²) < 4.78 is 5.11. The zero-order valence-electron chi connectivity index (χ0n) is 16.2. The third-order valence-electron chi connectivity index (χ3n) is 4.76. The number of nitrogens with zero attached hydrogens (tertiary/aromatic N) is 1. The molecule has 0 aliphatic carbocycles. The zero-order chi connectivity index (χ0) is 19.4. The van der Waals surface area contributed by atoms with E-state index in [1.54, 1.807) is 6.20 Å². The van der Waals surface area contributed by atoms with Crippen LogP contribution in [0.15, 0.2) is 54.9 Å². The maximum atomic E-state index is 11.9. The van der Waals surface area contributed by atoms with Gasteiger partial charge in [0.25, 0.3) is 0 Å². The summed E-state index contributed by atoms with van der Waals surface area (Å²) in [5, 5.41) is 2.19. The van der Waals surface area contributed by atoms with Crippen LogP contribution in [0.1, 0.15) is 38.3 Å². The van der Waals surface area contributed by atoms with Gasteiger partial charge < -0.3 is 10.5 Å². The molecule has 27 heavy (non-hydrogen) atoms. The molecule has 0 atom stereocenters. The number of aromatic nitrogens is 1. The second-order valence-corrected chi connectivity index (χ2v) is 7.29. The fraction of sp³-hybridized carbons (Fsp3) is 0.304. The zero-order valence-corrected chi connectivity index (χ0v) is 16.2. The average Bonchev–Trinajstić information content (AvgIpc) is 2.65. The molecule has 0 spiro atoms. The van der Waals surface area contributed by atoms with Gasteiger partial charge in [-0.05, 0) is 60.9 Å². The minimum Gasteiger partial charge on any atom is -0.466 e. The van der Waals surface area contributed by atoms with Crippen LogP contribution in [0.3, 0.4) is 0 Å². The van der Waals surface area contributed by atoms with Gasteiger partial charge in [-0.3, -0.25) is 9.78 Å². The van der Waals surface area contributed by atoms with Crippen molar-refractivity contribution in [3.8, 4) is 11.1 Å². The Morgan fingerprint density at radius 3 is 2.52 bits per heavy atom. The van der Waals surface area contributed by atoms with E-state index in [1.807, 2.05) is 33.0 Å². The molecule has 0 aliphatic rings. The molecule has 0 saturated heterocycles. The van der Waals surface area contributed by atoms with Crippen molar-refractivity contribution in [1.82, 2.24) is 4.98 Å². The molecule has 2 N–H and O–H groups in total. The fourth-order valence-electron chi connectivity index (χ4n) is 3.31. The van der Waals surface area contributed by atoms with E-state index in [0.29, 0.717) is 19.4 Å². The highest BCUT2D eigenvalue weighted by atomic mass is 16.5. The lowest BCUT2D eigenvalue weighted by molar-refractivity contribution is -0.143. The van der Waals surface area contributed by atoms with Crippen molar-refractivity contribution in [2.24, 2.45) is 5.73 Å². The normalized spacial score (nSPS) is 11.6. The molecular weight excluding hydrogens is 336 g/mol. The van der Waals surface area contributed by atoms with Crippen LogP contribution in [0.25, 0.3) is 21.9 Å². The summed E-state index contributed by atoms with van der Waals surface area (Å²) in [6.07, 6.45) is 4.63. The summed E-state index contributed by atoms with van der Waals surface area (Å²) in [7, 11) is 0. The van der Waals surface area contributed by atoms with E-state index < -0.39 is 0 Å². The van der Waals surface area contributed by atoms with Gasteiger partial charge in [-0.25, -0.2) is 0 Å². The smallest absolute Gasteiger partial charge is 0.306 e. The van der Waals surface area contributed by atoms with Crippen LogP contribution in [0.2, 0.25) is 0 Å². The Kier molecular flexibility index (Phi) is 5.57. The van der Waals surface area contributed by atoms with Gasteiger partial charge in [0.05, 0.1) is 6.61 Å². The standard InChI is InChI=1S/C23H26N2O2/c1-4-27-22(26)12-11-21-19(10-7-17-15-25-14-13-20(17)21)16-5-8-18(9-6-16)23(2,3)24/h5-10,13-15H,4,11-12,24H2,1-3H3. The van der Waals surface area contributed by atoms with E-state index in [0.717, 1.165) is 33.0 Å². The van der Waals surface area contributed by atoms with Crippen molar-refractivity contribution in [2.75, 3.05) is 6.61 Å². The molecule has 0 amide bonds. The summed E-state index contributed by atoms with van der Waals surface area (Å²) in [6, 6.07) is 14.5. The number of esters is 1. The number of nitrogens with two attached hydrogens (primary N) is 1. The molecule has 140 valence electrons. The van der Waals surface area contributed by atoms with Crippen LogP contribution >= 0.6 is 0 Å². The number of carbonyl (C=O) groups excluding carboxylic acids is 1. The van der Waals surface area contributed by atoms with Crippen molar-refractivity contribution in [3.05, 3.63) is 66.0 Å². The summed E-state index contributed by atoms with van der Waals surface area (Å²) in [5.41, 5.74) is 10.3. The number of ether oxygens (including phenoxy) is 1. The Hall–Kier alpha value is -2.72. The predicted octanol–water partition coefficient (Wildman–Crippen LogP) is 4.59. The highest BCUT2D eigenvalue weighted by Crippen LogP contribution is 2.32. The molecular formula is C23H26N2O2. The fourth-order valence-corrected chi connectivity index (χ4v) is 3.31. The molecule has 0 saturated carbocycles. The van der Waals surface area contributed by atoms with Gasteiger partial charge in [-0.2, -0.15) is 0 Å². The first-order valence-electron chi connectivity index (χ1n) is 9.31. The Morgan fingerprint density at radius 1 is 1.11 bits per heavy atom. The summed E-state index contributed by atoms with van der Waals surface area (Å²) in [6.45, 7) is 6.22. The number of fused-ring (bicyclic) bond motifs is 1. The van der Waals surface area contributed by atoms with Crippen molar-refractivity contribution < 1.29 is 9.53 Å². The molecule has 0 aliphatic heterocycles. The van der Waals surface area contributed by atoms with Crippen molar-refractivity contribution in [2.45, 2.75) is 39.2 Å². The summed E-state index contributed by atoms with van der Waals surface area (Å²) in [5.74, 6) is -0.172. The maximum Gasteiger partial charge on any atom is 0.306 e. The van der Waals surface area contributed by atoms with Gasteiger partial charge in [0.2, 0.25) is 0 Å². The number of aryl methyl sites for hydroxylation is 1. The van der Waals surface area contributed by atoms with Gasteiger partial charge in [-0.1, -0.05) is 36.4 Å². The van der Waals surface area contributed by atoms with Gasteiger partial charge >= 0.3 is 5.97 Å². The summed E-state index contributed by atoms with van der Waals surface area (Å²) >= 11 is 0. The third kappa shape index (κ3) is 4.34. The van der Waals surface area contributed by atoms with Crippen LogP contribution < -0.4 is 5.73 Å². The molecule has 1 aromatic heterocycles. The number of pyridine rings is 1. The highest BCUT2D eigenvalue weighted by molar-refractivity contribution is 5.91.